The zero-order valence-corrected chi connectivity index (χ0v) is 16.4. The molecule has 1 atom stereocenters. The van der Waals surface area contributed by atoms with Crippen LogP contribution in [0.3, 0.4) is 0 Å². The fourth-order valence-electron chi connectivity index (χ4n) is 2.98. The molecule has 0 aliphatic carbocycles. The third-order valence-electron chi connectivity index (χ3n) is 4.54. The van der Waals surface area contributed by atoms with Crippen LogP contribution >= 0.6 is 0 Å². The lowest BCUT2D eigenvalue weighted by Crippen LogP contribution is -2.27. The number of hydrogen-bond acceptors (Lipinski definition) is 5. The van der Waals surface area contributed by atoms with Crippen LogP contribution in [0.15, 0.2) is 84.9 Å². The van der Waals surface area contributed by atoms with Crippen LogP contribution in [0.1, 0.15) is 23.6 Å². The Balaban J connectivity index is 1.55. The summed E-state index contributed by atoms with van der Waals surface area (Å²) in [4.78, 5) is 22.4. The van der Waals surface area contributed by atoms with E-state index in [9.17, 15) is 14.9 Å². The number of ether oxygens (including phenoxy) is 1. The molecule has 3 aromatic carbocycles. The van der Waals surface area contributed by atoms with Gasteiger partial charge in [0.05, 0.1) is 11.0 Å². The van der Waals surface area contributed by atoms with E-state index in [1.807, 2.05) is 60.7 Å². The summed E-state index contributed by atoms with van der Waals surface area (Å²) < 4.78 is 5.24. The predicted molar refractivity (Wildman–Crippen MR) is 115 cm³/mol. The van der Waals surface area contributed by atoms with Crippen LogP contribution in [0.4, 0.5) is 16.2 Å². The minimum Gasteiger partial charge on any atom is -0.445 e. The highest BCUT2D eigenvalue weighted by Gasteiger charge is 2.13. The highest BCUT2D eigenvalue weighted by atomic mass is 16.6. The van der Waals surface area contributed by atoms with Crippen molar-refractivity contribution in [1.82, 2.24) is 5.32 Å². The second-order valence-electron chi connectivity index (χ2n) is 6.69. The van der Waals surface area contributed by atoms with E-state index < -0.39 is 11.0 Å². The molecule has 0 radical (unpaired) electrons. The molecule has 0 aliphatic heterocycles. The van der Waals surface area contributed by atoms with Crippen molar-refractivity contribution in [2.45, 2.75) is 19.1 Å². The first kappa shape index (κ1) is 20.9. The van der Waals surface area contributed by atoms with Crippen molar-refractivity contribution in [3.63, 3.8) is 0 Å². The molecule has 0 aromatic heterocycles. The number of hydrogen-bond donors (Lipinski definition) is 2. The first-order valence-electron chi connectivity index (χ1n) is 9.62. The van der Waals surface area contributed by atoms with Gasteiger partial charge >= 0.3 is 6.09 Å². The highest BCUT2D eigenvalue weighted by Crippen LogP contribution is 2.24. The number of carbonyl (C=O) groups excluding carboxylic acids is 1. The molecule has 3 aromatic rings. The Morgan fingerprint density at radius 2 is 1.57 bits per heavy atom. The maximum atomic E-state index is 12.0. The van der Waals surface area contributed by atoms with Gasteiger partial charge in [-0.25, -0.2) is 4.79 Å². The quantitative estimate of drug-likeness (QED) is 0.383. The van der Waals surface area contributed by atoms with Crippen molar-refractivity contribution >= 4 is 17.5 Å². The van der Waals surface area contributed by atoms with Gasteiger partial charge in [-0.15, -0.1) is 0 Å². The Bertz CT molecular complexity index is 947. The van der Waals surface area contributed by atoms with E-state index in [-0.39, 0.29) is 18.3 Å². The Morgan fingerprint density at radius 3 is 2.20 bits per heavy atom. The van der Waals surface area contributed by atoms with Crippen molar-refractivity contribution in [2.75, 3.05) is 11.9 Å². The molecule has 2 N–H and O–H groups in total. The lowest BCUT2D eigenvalue weighted by Gasteiger charge is -2.21. The number of benzene rings is 3. The average Bonchev–Trinajstić information content (AvgIpc) is 2.78. The molecular formula is C23H23N3O4. The lowest BCUT2D eigenvalue weighted by atomic mass is 10.0. The van der Waals surface area contributed by atoms with Crippen molar-refractivity contribution in [2.24, 2.45) is 0 Å². The van der Waals surface area contributed by atoms with Crippen molar-refractivity contribution in [3.05, 3.63) is 106 Å². The second kappa shape index (κ2) is 10.6. The fraction of sp³-hybridized carbons (Fsp3) is 0.174. The molecule has 30 heavy (non-hydrogen) atoms. The number of amides is 1. The third kappa shape index (κ3) is 6.34. The molecule has 0 spiro atoms. The predicted octanol–water partition coefficient (Wildman–Crippen LogP) is 5.06. The number of nitrogens with one attached hydrogen (secondary N) is 2. The second-order valence-corrected chi connectivity index (χ2v) is 6.69. The number of alkyl carbamates (subject to hydrolysis) is 1. The van der Waals surface area contributed by atoms with Gasteiger partial charge in [-0.05, 0) is 29.7 Å². The lowest BCUT2D eigenvalue weighted by molar-refractivity contribution is -0.384. The molecule has 0 aliphatic rings. The number of carbonyl (C=O) groups is 1. The van der Waals surface area contributed by atoms with E-state index in [0.29, 0.717) is 13.0 Å². The van der Waals surface area contributed by atoms with Crippen LogP contribution in [-0.2, 0) is 11.3 Å². The molecule has 7 nitrogen and oxygen atoms in total. The summed E-state index contributed by atoms with van der Waals surface area (Å²) in [7, 11) is 0. The number of rotatable bonds is 9. The number of non-ortho nitro benzene ring substituents is 1. The smallest absolute Gasteiger partial charge is 0.407 e. The van der Waals surface area contributed by atoms with Crippen LogP contribution in [0.2, 0.25) is 0 Å². The third-order valence-corrected chi connectivity index (χ3v) is 4.54. The zero-order chi connectivity index (χ0) is 21.2. The zero-order valence-electron chi connectivity index (χ0n) is 16.4. The normalized spacial score (nSPS) is 11.3. The van der Waals surface area contributed by atoms with E-state index in [1.54, 1.807) is 12.1 Å². The monoisotopic (exact) mass is 405 g/mol. The van der Waals surface area contributed by atoms with E-state index in [1.165, 1.54) is 12.1 Å². The SMILES string of the molecule is O=C(NCC[C@H](Nc1ccc([N+](=O)[O-])cc1)c1ccccc1)OCc1ccccc1. The van der Waals surface area contributed by atoms with E-state index >= 15 is 0 Å². The Kier molecular flexibility index (Phi) is 7.38. The summed E-state index contributed by atoms with van der Waals surface area (Å²) >= 11 is 0. The maximum Gasteiger partial charge on any atom is 0.407 e. The van der Waals surface area contributed by atoms with Crippen LogP contribution in [-0.4, -0.2) is 17.6 Å². The molecule has 0 heterocycles. The molecule has 0 unspecified atom stereocenters. The number of nitro groups is 1. The largest absolute Gasteiger partial charge is 0.445 e. The molecule has 0 saturated carbocycles. The molecular weight excluding hydrogens is 382 g/mol. The van der Waals surface area contributed by atoms with E-state index in [0.717, 1.165) is 16.8 Å². The summed E-state index contributed by atoms with van der Waals surface area (Å²) in [6.45, 7) is 0.628. The Hall–Kier alpha value is -3.87. The summed E-state index contributed by atoms with van der Waals surface area (Å²) in [5.41, 5.74) is 2.78. The summed E-state index contributed by atoms with van der Waals surface area (Å²) in [5.74, 6) is 0. The van der Waals surface area contributed by atoms with Gasteiger partial charge in [-0.3, -0.25) is 10.1 Å². The number of nitrogens with zero attached hydrogens (tertiary/aromatic N) is 1. The summed E-state index contributed by atoms with van der Waals surface area (Å²) in [6, 6.07) is 25.5. The molecule has 1 amide bonds. The maximum absolute atomic E-state index is 12.0. The van der Waals surface area contributed by atoms with Crippen molar-refractivity contribution in [3.8, 4) is 0 Å². The van der Waals surface area contributed by atoms with Gasteiger partial charge in [-0.2, -0.15) is 0 Å². The average molecular weight is 405 g/mol. The molecule has 0 bridgehead atoms. The van der Waals surface area contributed by atoms with Crippen molar-refractivity contribution < 1.29 is 14.5 Å². The molecule has 3 rings (SSSR count). The van der Waals surface area contributed by atoms with E-state index in [4.69, 9.17) is 4.74 Å². The Morgan fingerprint density at radius 1 is 0.933 bits per heavy atom. The van der Waals surface area contributed by atoms with Crippen LogP contribution in [0.5, 0.6) is 0 Å². The van der Waals surface area contributed by atoms with Gasteiger partial charge in [0.15, 0.2) is 0 Å². The van der Waals surface area contributed by atoms with Gasteiger partial charge < -0.3 is 15.4 Å². The highest BCUT2D eigenvalue weighted by molar-refractivity contribution is 5.67. The molecule has 7 heteroatoms. The Labute approximate surface area is 174 Å². The minimum absolute atomic E-state index is 0.0413. The van der Waals surface area contributed by atoms with Gasteiger partial charge in [0.1, 0.15) is 6.61 Å². The first-order chi connectivity index (χ1) is 14.6. The topological polar surface area (TPSA) is 93.5 Å². The molecule has 154 valence electrons. The van der Waals surface area contributed by atoms with Gasteiger partial charge in [0, 0.05) is 24.4 Å². The van der Waals surface area contributed by atoms with Gasteiger partial charge in [0.25, 0.3) is 5.69 Å². The number of anilines is 1. The molecule has 0 saturated heterocycles. The van der Waals surface area contributed by atoms with Crippen LogP contribution in [0.25, 0.3) is 0 Å². The van der Waals surface area contributed by atoms with Gasteiger partial charge in [0.2, 0.25) is 0 Å². The summed E-state index contributed by atoms with van der Waals surface area (Å²) in [5, 5.41) is 17.0. The number of nitro benzene ring substituents is 1. The van der Waals surface area contributed by atoms with Gasteiger partial charge in [-0.1, -0.05) is 60.7 Å². The minimum atomic E-state index is -0.471. The summed E-state index contributed by atoms with van der Waals surface area (Å²) in [6.07, 6.45) is 0.141. The standard InChI is InChI=1S/C23H23N3O4/c27-23(30-17-18-7-3-1-4-8-18)24-16-15-22(19-9-5-2-6-10-19)25-20-11-13-21(14-12-20)26(28)29/h1-14,22,25H,15-17H2,(H,24,27)/t22-/m0/s1. The van der Waals surface area contributed by atoms with Crippen LogP contribution in [0, 0.1) is 10.1 Å². The van der Waals surface area contributed by atoms with Crippen LogP contribution < -0.4 is 10.6 Å². The molecule has 0 fully saturated rings. The first-order valence-corrected chi connectivity index (χ1v) is 9.62. The van der Waals surface area contributed by atoms with Crippen molar-refractivity contribution in [1.29, 1.82) is 0 Å². The fourth-order valence-corrected chi connectivity index (χ4v) is 2.98. The van der Waals surface area contributed by atoms with E-state index in [2.05, 4.69) is 10.6 Å².